The van der Waals surface area contributed by atoms with Gasteiger partial charge in [-0.25, -0.2) is 4.79 Å². The summed E-state index contributed by atoms with van der Waals surface area (Å²) in [6, 6.07) is 0. The Labute approximate surface area is 102 Å². The largest absolute Gasteiger partial charge is 0.388 e. The van der Waals surface area contributed by atoms with Crippen LogP contribution in [0.1, 0.15) is 26.5 Å². The summed E-state index contributed by atoms with van der Waals surface area (Å²) >= 11 is 0. The highest BCUT2D eigenvalue weighted by atomic mass is 19.1. The third-order valence-corrected chi connectivity index (χ3v) is 3.33. The predicted octanol–water partition coefficient (Wildman–Crippen LogP) is -0.0199. The van der Waals surface area contributed by atoms with Crippen molar-refractivity contribution in [3.05, 3.63) is 32.9 Å². The fraction of sp³-hybridized carbons (Fsp3) is 0.636. The molecule has 0 amide bonds. The molecule has 0 spiro atoms. The van der Waals surface area contributed by atoms with Gasteiger partial charge in [-0.05, 0) is 6.42 Å². The molecule has 1 aromatic heterocycles. The smallest absolute Gasteiger partial charge is 0.330 e. The minimum atomic E-state index is -1.09. The molecule has 0 saturated carbocycles. The second kappa shape index (κ2) is 4.66. The molecular formula is C11H15FN2O4. The summed E-state index contributed by atoms with van der Waals surface area (Å²) < 4.78 is 19.6. The van der Waals surface area contributed by atoms with E-state index in [2.05, 4.69) is 0 Å². The van der Waals surface area contributed by atoms with E-state index in [9.17, 15) is 19.1 Å². The number of aromatic amines is 1. The van der Waals surface area contributed by atoms with Crippen LogP contribution in [0.3, 0.4) is 0 Å². The first-order valence-corrected chi connectivity index (χ1v) is 5.80. The SMILES string of the molecule is CC[C@@H]1O[C@H](n2cc(F)c(=O)[nH]c2=O)C(O)C1C. The summed E-state index contributed by atoms with van der Waals surface area (Å²) in [7, 11) is 0. The Bertz CT molecular complexity index is 553. The maximum Gasteiger partial charge on any atom is 0.330 e. The highest BCUT2D eigenvalue weighted by Crippen LogP contribution is 2.34. The molecule has 1 fully saturated rings. The van der Waals surface area contributed by atoms with Crippen molar-refractivity contribution in [1.29, 1.82) is 0 Å². The topological polar surface area (TPSA) is 84.3 Å². The van der Waals surface area contributed by atoms with Crippen molar-refractivity contribution in [3.63, 3.8) is 0 Å². The van der Waals surface area contributed by atoms with Gasteiger partial charge in [-0.15, -0.1) is 0 Å². The molecule has 100 valence electrons. The Balaban J connectivity index is 2.42. The second-order valence-corrected chi connectivity index (χ2v) is 4.47. The number of aliphatic hydroxyl groups is 1. The lowest BCUT2D eigenvalue weighted by molar-refractivity contribution is -0.0410. The Hall–Kier alpha value is -1.47. The van der Waals surface area contributed by atoms with Gasteiger partial charge in [0.2, 0.25) is 5.82 Å². The van der Waals surface area contributed by atoms with Crippen molar-refractivity contribution in [3.8, 4) is 0 Å². The molecule has 0 bridgehead atoms. The summed E-state index contributed by atoms with van der Waals surface area (Å²) in [6.07, 6.45) is -0.650. The molecule has 4 atom stereocenters. The van der Waals surface area contributed by atoms with Gasteiger partial charge in [0.25, 0.3) is 5.56 Å². The average Bonchev–Trinajstić information content (AvgIpc) is 2.61. The van der Waals surface area contributed by atoms with Gasteiger partial charge in [0, 0.05) is 5.92 Å². The van der Waals surface area contributed by atoms with E-state index in [4.69, 9.17) is 4.74 Å². The summed E-state index contributed by atoms with van der Waals surface area (Å²) in [6.45, 7) is 3.69. The van der Waals surface area contributed by atoms with Gasteiger partial charge in [0.05, 0.1) is 12.3 Å². The van der Waals surface area contributed by atoms with Gasteiger partial charge in [0.15, 0.2) is 6.23 Å². The fourth-order valence-electron chi connectivity index (χ4n) is 2.21. The summed E-state index contributed by atoms with van der Waals surface area (Å²) in [5, 5.41) is 10.00. The molecule has 0 radical (unpaired) electrons. The van der Waals surface area contributed by atoms with Crippen LogP contribution >= 0.6 is 0 Å². The van der Waals surface area contributed by atoms with E-state index in [1.807, 2.05) is 11.9 Å². The van der Waals surface area contributed by atoms with Crippen LogP contribution in [0, 0.1) is 11.7 Å². The molecule has 7 heteroatoms. The van der Waals surface area contributed by atoms with Gasteiger partial charge >= 0.3 is 5.69 Å². The molecule has 0 aromatic carbocycles. The summed E-state index contributed by atoms with van der Waals surface area (Å²) in [5.41, 5.74) is -1.88. The van der Waals surface area contributed by atoms with Crippen LogP contribution in [0.2, 0.25) is 0 Å². The van der Waals surface area contributed by atoms with Gasteiger partial charge in [0.1, 0.15) is 6.10 Å². The molecule has 2 rings (SSSR count). The zero-order valence-electron chi connectivity index (χ0n) is 10.1. The first-order chi connectivity index (χ1) is 8.45. The van der Waals surface area contributed by atoms with Crippen molar-refractivity contribution in [2.45, 2.75) is 38.7 Å². The van der Waals surface area contributed by atoms with E-state index in [-0.39, 0.29) is 12.0 Å². The Morgan fingerprint density at radius 1 is 1.56 bits per heavy atom. The minimum Gasteiger partial charge on any atom is -0.388 e. The van der Waals surface area contributed by atoms with E-state index in [0.717, 1.165) is 10.8 Å². The Morgan fingerprint density at radius 3 is 2.78 bits per heavy atom. The van der Waals surface area contributed by atoms with Crippen molar-refractivity contribution < 1.29 is 14.2 Å². The number of hydrogen-bond acceptors (Lipinski definition) is 4. The number of H-pyrrole nitrogens is 1. The van der Waals surface area contributed by atoms with Crippen molar-refractivity contribution >= 4 is 0 Å². The fourth-order valence-corrected chi connectivity index (χ4v) is 2.21. The molecular weight excluding hydrogens is 243 g/mol. The lowest BCUT2D eigenvalue weighted by Crippen LogP contribution is -2.37. The van der Waals surface area contributed by atoms with Crippen LogP contribution < -0.4 is 11.2 Å². The highest BCUT2D eigenvalue weighted by Gasteiger charge is 2.41. The number of aromatic nitrogens is 2. The molecule has 2 N–H and O–H groups in total. The van der Waals surface area contributed by atoms with Crippen molar-refractivity contribution in [1.82, 2.24) is 9.55 Å². The molecule has 2 heterocycles. The van der Waals surface area contributed by atoms with Gasteiger partial charge in [-0.1, -0.05) is 13.8 Å². The van der Waals surface area contributed by atoms with Crippen LogP contribution in [-0.4, -0.2) is 26.9 Å². The van der Waals surface area contributed by atoms with E-state index in [1.165, 1.54) is 0 Å². The molecule has 1 aliphatic rings. The number of ether oxygens (including phenoxy) is 1. The van der Waals surface area contributed by atoms with Crippen molar-refractivity contribution in [2.24, 2.45) is 5.92 Å². The molecule has 6 nitrogen and oxygen atoms in total. The van der Waals surface area contributed by atoms with Gasteiger partial charge in [-0.2, -0.15) is 4.39 Å². The quantitative estimate of drug-likeness (QED) is 0.780. The number of nitrogens with zero attached hydrogens (tertiary/aromatic N) is 1. The molecule has 0 aliphatic carbocycles. The number of rotatable bonds is 2. The zero-order chi connectivity index (χ0) is 13.4. The number of aliphatic hydroxyl groups excluding tert-OH is 1. The Kier molecular flexibility index (Phi) is 3.36. The normalized spacial score (nSPS) is 31.8. The third kappa shape index (κ3) is 1.99. The van der Waals surface area contributed by atoms with Crippen LogP contribution in [0.4, 0.5) is 4.39 Å². The van der Waals surface area contributed by atoms with Crippen LogP contribution in [0.25, 0.3) is 0 Å². The molecule has 18 heavy (non-hydrogen) atoms. The van der Waals surface area contributed by atoms with Crippen LogP contribution in [0.15, 0.2) is 15.8 Å². The van der Waals surface area contributed by atoms with E-state index in [1.54, 1.807) is 6.92 Å². The molecule has 1 aromatic rings. The second-order valence-electron chi connectivity index (χ2n) is 4.47. The van der Waals surface area contributed by atoms with Gasteiger partial charge < -0.3 is 9.84 Å². The summed E-state index contributed by atoms with van der Waals surface area (Å²) in [4.78, 5) is 24.3. The first-order valence-electron chi connectivity index (χ1n) is 5.80. The maximum absolute atomic E-state index is 13.2. The molecule has 2 unspecified atom stereocenters. The first kappa shape index (κ1) is 13.0. The molecule has 1 aliphatic heterocycles. The lowest BCUT2D eigenvalue weighted by Gasteiger charge is -2.17. The predicted molar refractivity (Wildman–Crippen MR) is 60.7 cm³/mol. The van der Waals surface area contributed by atoms with Gasteiger partial charge in [-0.3, -0.25) is 14.3 Å². The average molecular weight is 258 g/mol. The van der Waals surface area contributed by atoms with Crippen LogP contribution in [-0.2, 0) is 4.74 Å². The van der Waals surface area contributed by atoms with E-state index >= 15 is 0 Å². The number of halogens is 1. The van der Waals surface area contributed by atoms with E-state index in [0.29, 0.717) is 6.42 Å². The van der Waals surface area contributed by atoms with Crippen LogP contribution in [0.5, 0.6) is 0 Å². The standard InChI is InChI=1S/C11H15FN2O4/c1-3-7-5(2)8(15)10(18-7)14-4-6(12)9(16)13-11(14)17/h4-5,7-8,10,15H,3H2,1-2H3,(H,13,16,17)/t5?,7-,8?,10-/m0/s1. The summed E-state index contributed by atoms with van der Waals surface area (Å²) in [5.74, 6) is -1.25. The van der Waals surface area contributed by atoms with E-state index < -0.39 is 29.4 Å². The lowest BCUT2D eigenvalue weighted by atomic mass is 9.99. The van der Waals surface area contributed by atoms with Crippen molar-refractivity contribution in [2.75, 3.05) is 0 Å². The number of nitrogens with one attached hydrogen (secondary N) is 1. The third-order valence-electron chi connectivity index (χ3n) is 3.33. The highest BCUT2D eigenvalue weighted by molar-refractivity contribution is 4.93. The monoisotopic (exact) mass is 258 g/mol. The molecule has 1 saturated heterocycles. The Morgan fingerprint density at radius 2 is 2.22 bits per heavy atom. The number of hydrogen-bond donors (Lipinski definition) is 2. The minimum absolute atomic E-state index is 0.165. The maximum atomic E-state index is 13.2. The zero-order valence-corrected chi connectivity index (χ0v) is 10.1.